The number of nitrogens with one attached hydrogen (secondary N) is 1. The quantitative estimate of drug-likeness (QED) is 0.907. The van der Waals surface area contributed by atoms with Crippen molar-refractivity contribution >= 4 is 29.3 Å². The van der Waals surface area contributed by atoms with Crippen LogP contribution in [-0.2, 0) is 4.79 Å². The van der Waals surface area contributed by atoms with E-state index in [1.807, 2.05) is 40.9 Å². The number of thioether (sulfide) groups is 1. The van der Waals surface area contributed by atoms with Crippen molar-refractivity contribution in [1.82, 2.24) is 10.2 Å². The maximum absolute atomic E-state index is 12.1. The van der Waals surface area contributed by atoms with E-state index < -0.39 is 0 Å². The first-order chi connectivity index (χ1) is 9.13. The summed E-state index contributed by atoms with van der Waals surface area (Å²) in [5.41, 5.74) is 1.05. The molecule has 2 atom stereocenters. The van der Waals surface area contributed by atoms with Gasteiger partial charge in [-0.15, -0.1) is 0 Å². The molecule has 104 valence electrons. The Hall–Kier alpha value is -0.710. The fourth-order valence-electron chi connectivity index (χ4n) is 2.34. The minimum atomic E-state index is -0.0568. The molecule has 1 heterocycles. The van der Waals surface area contributed by atoms with E-state index in [4.69, 9.17) is 11.6 Å². The van der Waals surface area contributed by atoms with E-state index in [1.165, 1.54) is 0 Å². The van der Waals surface area contributed by atoms with Gasteiger partial charge in [-0.25, -0.2) is 0 Å². The third-order valence-corrected chi connectivity index (χ3v) is 4.58. The van der Waals surface area contributed by atoms with E-state index in [0.717, 1.165) is 17.1 Å². The molecule has 19 heavy (non-hydrogen) atoms. The Balaban J connectivity index is 2.17. The largest absolute Gasteiger partial charge is 0.318 e. The second-order valence-corrected chi connectivity index (χ2v) is 6.40. The third kappa shape index (κ3) is 3.44. The van der Waals surface area contributed by atoms with Crippen LogP contribution in [0.2, 0.25) is 5.02 Å². The smallest absolute Gasteiger partial charge is 0.238 e. The average molecular weight is 299 g/mol. The standard InChI is InChI=1S/C14H19ClN2OS/c1-3-19-9-10(2)17-13(18)8-16-14(17)11-5-4-6-12(15)7-11/h4-7,10,14,16H,3,8-9H2,1-2H3. The van der Waals surface area contributed by atoms with Crippen LogP contribution in [0.15, 0.2) is 24.3 Å². The molecule has 5 heteroatoms. The van der Waals surface area contributed by atoms with E-state index in [0.29, 0.717) is 11.6 Å². The summed E-state index contributed by atoms with van der Waals surface area (Å²) in [6, 6.07) is 7.92. The third-order valence-electron chi connectivity index (χ3n) is 3.22. The summed E-state index contributed by atoms with van der Waals surface area (Å²) >= 11 is 7.89. The number of benzene rings is 1. The van der Waals surface area contributed by atoms with Gasteiger partial charge in [0.05, 0.1) is 6.54 Å². The van der Waals surface area contributed by atoms with Gasteiger partial charge in [0.25, 0.3) is 0 Å². The van der Waals surface area contributed by atoms with Crippen molar-refractivity contribution in [3.63, 3.8) is 0 Å². The van der Waals surface area contributed by atoms with Crippen LogP contribution >= 0.6 is 23.4 Å². The van der Waals surface area contributed by atoms with Gasteiger partial charge in [-0.1, -0.05) is 30.7 Å². The lowest BCUT2D eigenvalue weighted by Gasteiger charge is -2.30. The number of hydrogen-bond donors (Lipinski definition) is 1. The summed E-state index contributed by atoms with van der Waals surface area (Å²) in [6.07, 6.45) is -0.0568. The fraction of sp³-hybridized carbons (Fsp3) is 0.500. The molecule has 0 bridgehead atoms. The number of amides is 1. The number of carbonyl (C=O) groups is 1. The number of carbonyl (C=O) groups excluding carboxylic acids is 1. The molecule has 1 aliphatic rings. The molecule has 1 amide bonds. The molecule has 1 fully saturated rings. The highest BCUT2D eigenvalue weighted by atomic mass is 35.5. The lowest BCUT2D eigenvalue weighted by molar-refractivity contribution is -0.129. The molecule has 0 radical (unpaired) electrons. The van der Waals surface area contributed by atoms with Crippen molar-refractivity contribution in [2.75, 3.05) is 18.1 Å². The second kappa shape index (κ2) is 6.64. The highest BCUT2D eigenvalue weighted by Crippen LogP contribution is 2.27. The van der Waals surface area contributed by atoms with Crippen molar-refractivity contribution in [1.29, 1.82) is 0 Å². The van der Waals surface area contributed by atoms with Crippen LogP contribution < -0.4 is 5.32 Å². The molecule has 2 unspecified atom stereocenters. The van der Waals surface area contributed by atoms with Crippen LogP contribution in [0.4, 0.5) is 0 Å². The maximum atomic E-state index is 12.1. The van der Waals surface area contributed by atoms with Crippen molar-refractivity contribution in [3.05, 3.63) is 34.9 Å². The van der Waals surface area contributed by atoms with Crippen LogP contribution in [0.25, 0.3) is 0 Å². The van der Waals surface area contributed by atoms with Gasteiger partial charge in [-0.3, -0.25) is 10.1 Å². The van der Waals surface area contributed by atoms with E-state index in [-0.39, 0.29) is 18.1 Å². The Labute approximate surface area is 123 Å². The zero-order valence-electron chi connectivity index (χ0n) is 11.2. The van der Waals surface area contributed by atoms with Crippen molar-refractivity contribution in [2.24, 2.45) is 0 Å². The normalized spacial score (nSPS) is 20.9. The predicted octanol–water partition coefficient (Wildman–Crippen LogP) is 2.91. The van der Waals surface area contributed by atoms with Gasteiger partial charge >= 0.3 is 0 Å². The number of hydrogen-bond acceptors (Lipinski definition) is 3. The predicted molar refractivity (Wildman–Crippen MR) is 81.5 cm³/mol. The van der Waals surface area contributed by atoms with E-state index in [2.05, 4.69) is 19.2 Å². The SMILES string of the molecule is CCSCC(C)N1C(=O)CNC1c1cccc(Cl)c1. The molecular formula is C14H19ClN2OS. The average Bonchev–Trinajstić information content (AvgIpc) is 2.78. The van der Waals surface area contributed by atoms with Crippen LogP contribution in [0.1, 0.15) is 25.6 Å². The van der Waals surface area contributed by atoms with Crippen LogP contribution in [-0.4, -0.2) is 34.9 Å². The van der Waals surface area contributed by atoms with Crippen LogP contribution in [0, 0.1) is 0 Å². The molecule has 0 aromatic heterocycles. The Morgan fingerprint density at radius 3 is 3.05 bits per heavy atom. The molecule has 1 aromatic carbocycles. The molecule has 2 rings (SSSR count). The van der Waals surface area contributed by atoms with Gasteiger partial charge in [-0.05, 0) is 30.4 Å². The highest BCUT2D eigenvalue weighted by Gasteiger charge is 2.34. The van der Waals surface area contributed by atoms with Crippen LogP contribution in [0.5, 0.6) is 0 Å². The van der Waals surface area contributed by atoms with Crippen LogP contribution in [0.3, 0.4) is 0 Å². The van der Waals surface area contributed by atoms with Gasteiger partial charge in [0, 0.05) is 16.8 Å². The molecule has 1 aromatic rings. The van der Waals surface area contributed by atoms with E-state index >= 15 is 0 Å². The molecule has 3 nitrogen and oxygen atoms in total. The minimum absolute atomic E-state index is 0.0568. The molecular weight excluding hydrogens is 280 g/mol. The van der Waals surface area contributed by atoms with E-state index in [9.17, 15) is 4.79 Å². The Morgan fingerprint density at radius 2 is 2.37 bits per heavy atom. The maximum Gasteiger partial charge on any atom is 0.238 e. The number of nitrogens with zero attached hydrogens (tertiary/aromatic N) is 1. The molecule has 0 saturated carbocycles. The number of rotatable bonds is 5. The fourth-order valence-corrected chi connectivity index (χ4v) is 3.28. The topological polar surface area (TPSA) is 32.3 Å². The first kappa shape index (κ1) is 14.7. The molecule has 0 aliphatic carbocycles. The van der Waals surface area contributed by atoms with Gasteiger partial charge in [-0.2, -0.15) is 11.8 Å². The summed E-state index contributed by atoms with van der Waals surface area (Å²) in [6.45, 7) is 4.64. The molecule has 1 aliphatic heterocycles. The van der Waals surface area contributed by atoms with Crippen molar-refractivity contribution in [3.8, 4) is 0 Å². The zero-order valence-corrected chi connectivity index (χ0v) is 12.8. The molecule has 1 N–H and O–H groups in total. The minimum Gasteiger partial charge on any atom is -0.318 e. The Bertz CT molecular complexity index is 455. The Morgan fingerprint density at radius 1 is 1.58 bits per heavy atom. The zero-order chi connectivity index (χ0) is 13.8. The van der Waals surface area contributed by atoms with Gasteiger partial charge in [0.15, 0.2) is 0 Å². The van der Waals surface area contributed by atoms with Gasteiger partial charge in [0.2, 0.25) is 5.91 Å². The summed E-state index contributed by atoms with van der Waals surface area (Å²) in [5.74, 6) is 2.19. The summed E-state index contributed by atoms with van der Waals surface area (Å²) < 4.78 is 0. The summed E-state index contributed by atoms with van der Waals surface area (Å²) in [7, 11) is 0. The van der Waals surface area contributed by atoms with Crippen molar-refractivity contribution < 1.29 is 4.79 Å². The number of halogens is 1. The lowest BCUT2D eigenvalue weighted by atomic mass is 10.1. The second-order valence-electron chi connectivity index (χ2n) is 4.65. The van der Waals surface area contributed by atoms with Gasteiger partial charge in [0.1, 0.15) is 6.17 Å². The highest BCUT2D eigenvalue weighted by molar-refractivity contribution is 7.99. The molecule has 1 saturated heterocycles. The van der Waals surface area contributed by atoms with E-state index in [1.54, 1.807) is 0 Å². The van der Waals surface area contributed by atoms with Gasteiger partial charge < -0.3 is 4.90 Å². The molecule has 0 spiro atoms. The van der Waals surface area contributed by atoms with Crippen molar-refractivity contribution in [2.45, 2.75) is 26.1 Å². The summed E-state index contributed by atoms with van der Waals surface area (Å²) in [5, 5.41) is 3.97. The first-order valence-corrected chi connectivity index (χ1v) is 8.04. The lowest BCUT2D eigenvalue weighted by Crippen LogP contribution is -2.39. The first-order valence-electron chi connectivity index (χ1n) is 6.51. The monoisotopic (exact) mass is 298 g/mol. The Kier molecular flexibility index (Phi) is 5.13. The summed E-state index contributed by atoms with van der Waals surface area (Å²) in [4.78, 5) is 14.0.